The highest BCUT2D eigenvalue weighted by molar-refractivity contribution is 6.80. The molecule has 0 fully saturated rings. The van der Waals surface area contributed by atoms with E-state index in [2.05, 4.69) is 0 Å². The molecule has 0 rings (SSSR count). The van der Waals surface area contributed by atoms with Gasteiger partial charge in [-0.1, -0.05) is 128 Å². The first-order chi connectivity index (χ1) is 7.00. The molecule has 0 atom stereocenters. The van der Waals surface area contributed by atoms with Crippen LogP contribution in [0.2, 0.25) is 0 Å². The smallest absolute Gasteiger partial charge is 0.226 e. The van der Waals surface area contributed by atoms with Crippen LogP contribution in [-0.4, -0.2) is 26.4 Å². The third-order valence-corrected chi connectivity index (χ3v) is 5.82. The van der Waals surface area contributed by atoms with Gasteiger partial charge in [0.2, 0.25) is 15.7 Å². The summed E-state index contributed by atoms with van der Waals surface area (Å²) in [6, 6.07) is 0. The van der Waals surface area contributed by atoms with Gasteiger partial charge < -0.3 is 5.11 Å². The molecule has 17 heavy (non-hydrogen) atoms. The van der Waals surface area contributed by atoms with E-state index in [1.807, 2.05) is 0 Å². The van der Waals surface area contributed by atoms with Gasteiger partial charge in [-0.2, -0.15) is 0 Å². The second kappa shape index (κ2) is 5.74. The number of alkyl halides is 11. The number of halogens is 11. The van der Waals surface area contributed by atoms with Crippen molar-refractivity contribution in [3.8, 4) is 0 Å². The lowest BCUT2D eigenvalue weighted by atomic mass is 10.0. The Bertz CT molecular complexity index is 266. The van der Waals surface area contributed by atoms with Crippen LogP contribution in [0.3, 0.4) is 0 Å². The van der Waals surface area contributed by atoms with Gasteiger partial charge in [0.1, 0.15) is 0 Å². The lowest BCUT2D eigenvalue weighted by Crippen LogP contribution is -2.68. The Hall–Kier alpha value is 3.15. The largest absolute Gasteiger partial charge is 0.378 e. The Balaban J connectivity index is 6.04. The molecule has 0 saturated carbocycles. The topological polar surface area (TPSA) is 20.2 Å². The molecular formula is C5HCl11O. The zero-order valence-corrected chi connectivity index (χ0v) is 15.4. The van der Waals surface area contributed by atoms with Gasteiger partial charge in [-0.3, -0.25) is 0 Å². The Kier molecular flexibility index (Phi) is 6.80. The minimum absolute atomic E-state index is 2.52. The lowest BCUT2D eigenvalue weighted by Gasteiger charge is -2.49. The van der Waals surface area contributed by atoms with Crippen LogP contribution in [0.25, 0.3) is 0 Å². The maximum atomic E-state index is 10.2. The number of hydrogen-bond donors (Lipinski definition) is 1. The van der Waals surface area contributed by atoms with Crippen LogP contribution in [-0.2, 0) is 0 Å². The minimum Gasteiger partial charge on any atom is -0.378 e. The van der Waals surface area contributed by atoms with Crippen molar-refractivity contribution in [3.05, 3.63) is 0 Å². The van der Waals surface area contributed by atoms with E-state index < -0.39 is 21.3 Å². The first-order valence-corrected chi connectivity index (χ1v) is 7.46. The fraction of sp³-hybridized carbons (Fsp3) is 1.00. The van der Waals surface area contributed by atoms with Crippen molar-refractivity contribution in [2.45, 2.75) is 21.3 Å². The number of hydrogen-bond acceptors (Lipinski definition) is 1. The number of aliphatic hydroxyl groups is 1. The van der Waals surface area contributed by atoms with Crippen LogP contribution in [0.15, 0.2) is 0 Å². The van der Waals surface area contributed by atoms with E-state index in [1.54, 1.807) is 0 Å². The molecule has 1 N–H and O–H groups in total. The van der Waals surface area contributed by atoms with Gasteiger partial charge >= 0.3 is 0 Å². The standard InChI is InChI=1S/C5HCl11O/c6-2(7,5(14,15)16)1(17,3(8,9)10)4(11,12)13/h17H. The molecule has 0 saturated heterocycles. The Morgan fingerprint density at radius 3 is 0.765 bits per heavy atom. The van der Waals surface area contributed by atoms with Gasteiger partial charge in [-0.25, -0.2) is 0 Å². The Morgan fingerprint density at radius 1 is 0.471 bits per heavy atom. The second-order valence-corrected chi connectivity index (χ2v) is 10.9. The van der Waals surface area contributed by atoms with E-state index in [0.29, 0.717) is 0 Å². The summed E-state index contributed by atoms with van der Waals surface area (Å²) < 4.78 is -10.6. The second-order valence-electron chi connectivity index (χ2n) is 2.78. The monoisotopic (exact) mass is 462 g/mol. The highest BCUT2D eigenvalue weighted by atomic mass is 35.6. The van der Waals surface area contributed by atoms with Gasteiger partial charge in [-0.05, 0) is 0 Å². The Labute approximate surface area is 152 Å². The first kappa shape index (κ1) is 20.1. The molecule has 104 valence electrons. The molecule has 0 spiro atoms. The normalized spacial score (nSPS) is 16.2. The molecule has 0 aromatic heterocycles. The van der Waals surface area contributed by atoms with Crippen molar-refractivity contribution in [1.82, 2.24) is 0 Å². The van der Waals surface area contributed by atoms with Gasteiger partial charge in [0.15, 0.2) is 5.60 Å². The molecule has 0 bridgehead atoms. The van der Waals surface area contributed by atoms with E-state index >= 15 is 0 Å². The van der Waals surface area contributed by atoms with Gasteiger partial charge in [0.05, 0.1) is 0 Å². The molecule has 0 heterocycles. The van der Waals surface area contributed by atoms with E-state index in [9.17, 15) is 5.11 Å². The predicted octanol–water partition coefficient (Wildman–Crippen LogP) is 6.00. The highest BCUT2D eigenvalue weighted by Crippen LogP contribution is 2.65. The Morgan fingerprint density at radius 2 is 0.706 bits per heavy atom. The molecule has 12 heteroatoms. The summed E-state index contributed by atoms with van der Waals surface area (Å²) in [5.41, 5.74) is -3.02. The molecule has 1 nitrogen and oxygen atoms in total. The summed E-state index contributed by atoms with van der Waals surface area (Å²) in [6.07, 6.45) is 0. The summed E-state index contributed by atoms with van der Waals surface area (Å²) in [5, 5.41) is 10.2. The minimum atomic E-state index is -3.02. The van der Waals surface area contributed by atoms with Crippen LogP contribution < -0.4 is 0 Å². The van der Waals surface area contributed by atoms with Gasteiger partial charge in [0.25, 0.3) is 0 Å². The van der Waals surface area contributed by atoms with E-state index in [4.69, 9.17) is 128 Å². The SMILES string of the molecule is OC(C(Cl)(Cl)Cl)(C(Cl)(Cl)Cl)C(Cl)(Cl)C(Cl)(Cl)Cl. The first-order valence-electron chi connectivity index (χ1n) is 3.30. The maximum Gasteiger partial charge on any atom is 0.226 e. The van der Waals surface area contributed by atoms with Crippen LogP contribution in [0.4, 0.5) is 0 Å². The van der Waals surface area contributed by atoms with Crippen molar-refractivity contribution >= 4 is 128 Å². The van der Waals surface area contributed by atoms with Gasteiger partial charge in [0, 0.05) is 0 Å². The van der Waals surface area contributed by atoms with Crippen molar-refractivity contribution < 1.29 is 5.11 Å². The fourth-order valence-electron chi connectivity index (χ4n) is 0.722. The summed E-state index contributed by atoms with van der Waals surface area (Å²) in [6.45, 7) is 0. The van der Waals surface area contributed by atoms with Gasteiger partial charge in [-0.15, -0.1) is 0 Å². The van der Waals surface area contributed by atoms with Crippen molar-refractivity contribution in [1.29, 1.82) is 0 Å². The predicted molar refractivity (Wildman–Crippen MR) is 80.3 cm³/mol. The van der Waals surface area contributed by atoms with Crippen molar-refractivity contribution in [3.63, 3.8) is 0 Å². The van der Waals surface area contributed by atoms with Crippen LogP contribution in [0.1, 0.15) is 0 Å². The van der Waals surface area contributed by atoms with E-state index in [0.717, 1.165) is 0 Å². The number of rotatable bonds is 1. The molecule has 0 aromatic rings. The molecule has 0 aliphatic carbocycles. The third-order valence-electron chi connectivity index (χ3n) is 1.63. The van der Waals surface area contributed by atoms with Crippen LogP contribution >= 0.6 is 128 Å². The van der Waals surface area contributed by atoms with Crippen LogP contribution in [0, 0.1) is 0 Å². The molecule has 0 radical (unpaired) electrons. The molecule has 0 amide bonds. The average Bonchev–Trinajstić information content (AvgIpc) is 1.95. The quantitative estimate of drug-likeness (QED) is 0.470. The third kappa shape index (κ3) is 3.67. The summed E-state index contributed by atoms with van der Waals surface area (Å²) in [4.78, 5) is 0. The lowest BCUT2D eigenvalue weighted by molar-refractivity contribution is 0.0311. The zero-order chi connectivity index (χ0) is 14.5. The average molecular weight is 467 g/mol. The maximum absolute atomic E-state index is 10.2. The molecule has 0 aromatic carbocycles. The van der Waals surface area contributed by atoms with E-state index in [1.165, 1.54) is 0 Å². The van der Waals surface area contributed by atoms with E-state index in [-0.39, 0.29) is 0 Å². The molecule has 0 aliphatic rings. The highest BCUT2D eigenvalue weighted by Gasteiger charge is 2.76. The molecular weight excluding hydrogens is 466 g/mol. The summed E-state index contributed by atoms with van der Waals surface area (Å²) in [5.74, 6) is 0. The summed E-state index contributed by atoms with van der Waals surface area (Å²) >= 11 is 60.8. The van der Waals surface area contributed by atoms with Crippen molar-refractivity contribution in [2.24, 2.45) is 0 Å². The van der Waals surface area contributed by atoms with Crippen LogP contribution in [0.5, 0.6) is 0 Å². The van der Waals surface area contributed by atoms with Crippen molar-refractivity contribution in [2.75, 3.05) is 0 Å². The summed E-state index contributed by atoms with van der Waals surface area (Å²) in [7, 11) is 0. The zero-order valence-electron chi connectivity index (χ0n) is 7.10. The fourth-order valence-corrected chi connectivity index (χ4v) is 4.42. The molecule has 0 aliphatic heterocycles. The molecule has 0 unspecified atom stereocenters.